The highest BCUT2D eigenvalue weighted by atomic mass is 16.3. The number of fused-ring (bicyclic) bond motifs is 9. The summed E-state index contributed by atoms with van der Waals surface area (Å²) in [7, 11) is 0. The average molecular weight is 688 g/mol. The maximum Gasteiger partial charge on any atom is 0.143 e. The van der Waals surface area contributed by atoms with Gasteiger partial charge in [-0.05, 0) is 108 Å². The van der Waals surface area contributed by atoms with Crippen LogP contribution in [-0.2, 0) is 0 Å². The Balaban J connectivity index is 1.01. The van der Waals surface area contributed by atoms with Crippen molar-refractivity contribution in [2.24, 2.45) is 0 Å². The van der Waals surface area contributed by atoms with Gasteiger partial charge in [-0.2, -0.15) is 0 Å². The van der Waals surface area contributed by atoms with Crippen molar-refractivity contribution in [2.45, 2.75) is 0 Å². The Morgan fingerprint density at radius 2 is 0.796 bits per heavy atom. The van der Waals surface area contributed by atoms with Gasteiger partial charge in [0.1, 0.15) is 11.2 Å². The summed E-state index contributed by atoms with van der Waals surface area (Å²) in [5.41, 5.74) is 9.72. The third kappa shape index (κ3) is 4.96. The molecule has 0 unspecified atom stereocenters. The molecule has 11 aromatic rings. The summed E-state index contributed by atoms with van der Waals surface area (Å²) in [5, 5.41) is 12.4. The smallest absolute Gasteiger partial charge is 0.143 e. The van der Waals surface area contributed by atoms with Gasteiger partial charge in [0.2, 0.25) is 0 Å². The molecule has 11 rings (SSSR count). The van der Waals surface area contributed by atoms with E-state index in [9.17, 15) is 0 Å². The molecule has 0 saturated carbocycles. The molecule has 54 heavy (non-hydrogen) atoms. The first kappa shape index (κ1) is 30.5. The molecule has 2 nitrogen and oxygen atoms in total. The van der Waals surface area contributed by atoms with Crippen LogP contribution in [0.15, 0.2) is 205 Å². The fourth-order valence-electron chi connectivity index (χ4n) is 8.35. The van der Waals surface area contributed by atoms with Crippen molar-refractivity contribution in [1.29, 1.82) is 0 Å². The quantitative estimate of drug-likeness (QED) is 0.168. The normalized spacial score (nSPS) is 11.7. The summed E-state index contributed by atoms with van der Waals surface area (Å²) in [6.07, 6.45) is 0. The number of furan rings is 1. The average Bonchev–Trinajstić information content (AvgIpc) is 3.63. The van der Waals surface area contributed by atoms with Crippen LogP contribution in [0.3, 0.4) is 0 Å². The van der Waals surface area contributed by atoms with Crippen LogP contribution in [0.1, 0.15) is 0 Å². The minimum absolute atomic E-state index is 0.910. The van der Waals surface area contributed by atoms with Crippen molar-refractivity contribution in [1.82, 2.24) is 0 Å². The highest BCUT2D eigenvalue weighted by molar-refractivity contribution is 6.11. The zero-order valence-corrected chi connectivity index (χ0v) is 29.4. The van der Waals surface area contributed by atoms with Crippen LogP contribution in [0, 0.1) is 0 Å². The predicted molar refractivity (Wildman–Crippen MR) is 229 cm³/mol. The van der Waals surface area contributed by atoms with Gasteiger partial charge in [-0.1, -0.05) is 152 Å². The van der Waals surface area contributed by atoms with E-state index >= 15 is 0 Å². The van der Waals surface area contributed by atoms with Crippen molar-refractivity contribution in [3.63, 3.8) is 0 Å². The molecule has 1 aromatic heterocycles. The largest absolute Gasteiger partial charge is 0.455 e. The van der Waals surface area contributed by atoms with E-state index in [2.05, 4.69) is 193 Å². The third-order valence-electron chi connectivity index (χ3n) is 11.0. The summed E-state index contributed by atoms with van der Waals surface area (Å²) >= 11 is 0. The van der Waals surface area contributed by atoms with Crippen LogP contribution in [0.2, 0.25) is 0 Å². The lowest BCUT2D eigenvalue weighted by Gasteiger charge is -2.26. The molecule has 252 valence electrons. The molecule has 2 heteroatoms. The molecule has 10 aromatic carbocycles. The number of hydrogen-bond donors (Lipinski definition) is 0. The van der Waals surface area contributed by atoms with Gasteiger partial charge in [0, 0.05) is 33.4 Å². The molecular formula is C52H33NO. The molecule has 0 saturated heterocycles. The lowest BCUT2D eigenvalue weighted by Crippen LogP contribution is -2.09. The minimum Gasteiger partial charge on any atom is -0.455 e. The number of hydrogen-bond acceptors (Lipinski definition) is 2. The van der Waals surface area contributed by atoms with Crippen LogP contribution in [0.4, 0.5) is 17.1 Å². The van der Waals surface area contributed by atoms with Crippen LogP contribution < -0.4 is 4.90 Å². The maximum atomic E-state index is 6.41. The zero-order valence-electron chi connectivity index (χ0n) is 29.4. The van der Waals surface area contributed by atoms with Gasteiger partial charge in [-0.25, -0.2) is 0 Å². The summed E-state index contributed by atoms with van der Waals surface area (Å²) in [6.45, 7) is 0. The Bertz CT molecular complexity index is 3210. The SMILES string of the molecule is c1ccc2c(c1)ccc1cc(-c3ccc(N(c4ccc(-c5cccc6c5oc5ccccc56)cc4)c4ccc5c(ccc6ccccc65)c4)cc3)ccc12. The molecule has 0 radical (unpaired) electrons. The van der Waals surface area contributed by atoms with E-state index in [4.69, 9.17) is 4.42 Å². The first-order valence-corrected chi connectivity index (χ1v) is 18.5. The lowest BCUT2D eigenvalue weighted by atomic mass is 9.97. The van der Waals surface area contributed by atoms with Gasteiger partial charge >= 0.3 is 0 Å². The zero-order chi connectivity index (χ0) is 35.6. The van der Waals surface area contributed by atoms with Gasteiger partial charge in [0.05, 0.1) is 0 Å². The fraction of sp³-hybridized carbons (Fsp3) is 0. The number of anilines is 3. The second kappa shape index (κ2) is 12.2. The Morgan fingerprint density at radius 3 is 1.50 bits per heavy atom. The standard InChI is InChI=1S/C52H33NO/c1-3-10-44-35(8-1)16-18-39-32-38(24-30-46(39)44)34-20-25-41(26-21-34)53(43-29-31-47-40(33-43)19-17-36-9-2-4-11-45(36)47)42-27-22-37(23-28-42)48-13-7-14-50-49-12-5-6-15-51(49)54-52(48)50/h1-33H. The monoisotopic (exact) mass is 687 g/mol. The molecular weight excluding hydrogens is 655 g/mol. The van der Waals surface area contributed by atoms with Crippen molar-refractivity contribution >= 4 is 82.1 Å². The second-order valence-electron chi connectivity index (χ2n) is 14.1. The topological polar surface area (TPSA) is 16.4 Å². The summed E-state index contributed by atoms with van der Waals surface area (Å²) in [4.78, 5) is 2.36. The minimum atomic E-state index is 0.910. The predicted octanol–water partition coefficient (Wildman–Crippen LogP) is 15.0. The molecule has 0 bridgehead atoms. The Kier molecular flexibility index (Phi) is 6.90. The first-order valence-electron chi connectivity index (χ1n) is 18.5. The molecule has 1 heterocycles. The van der Waals surface area contributed by atoms with E-state index in [-0.39, 0.29) is 0 Å². The molecule has 0 amide bonds. The second-order valence-corrected chi connectivity index (χ2v) is 14.1. The molecule has 0 fully saturated rings. The molecule has 0 aliphatic rings. The van der Waals surface area contributed by atoms with Gasteiger partial charge in [-0.15, -0.1) is 0 Å². The van der Waals surface area contributed by atoms with Crippen LogP contribution in [0.25, 0.3) is 87.3 Å². The molecule has 0 atom stereocenters. The van der Waals surface area contributed by atoms with Crippen molar-refractivity contribution in [2.75, 3.05) is 4.90 Å². The molecule has 0 aliphatic heterocycles. The first-order chi connectivity index (χ1) is 26.7. The summed E-state index contributed by atoms with van der Waals surface area (Å²) < 4.78 is 6.41. The van der Waals surface area contributed by atoms with E-state index in [1.165, 1.54) is 54.2 Å². The number of rotatable bonds is 5. The van der Waals surface area contributed by atoms with Crippen LogP contribution >= 0.6 is 0 Å². The lowest BCUT2D eigenvalue weighted by molar-refractivity contribution is 0.670. The van der Waals surface area contributed by atoms with Gasteiger partial charge in [0.15, 0.2) is 0 Å². The molecule has 0 spiro atoms. The van der Waals surface area contributed by atoms with E-state index in [1.54, 1.807) is 0 Å². The number of benzene rings is 10. The van der Waals surface area contributed by atoms with Crippen LogP contribution in [-0.4, -0.2) is 0 Å². The Morgan fingerprint density at radius 1 is 0.296 bits per heavy atom. The fourth-order valence-corrected chi connectivity index (χ4v) is 8.35. The molecule has 0 aliphatic carbocycles. The maximum absolute atomic E-state index is 6.41. The number of para-hydroxylation sites is 2. The summed E-state index contributed by atoms with van der Waals surface area (Å²) in [5.74, 6) is 0. The Labute approximate surface area is 312 Å². The van der Waals surface area contributed by atoms with Gasteiger partial charge < -0.3 is 9.32 Å². The van der Waals surface area contributed by atoms with Crippen LogP contribution in [0.5, 0.6) is 0 Å². The highest BCUT2D eigenvalue weighted by Gasteiger charge is 2.17. The number of nitrogens with zero attached hydrogens (tertiary/aromatic N) is 1. The van der Waals surface area contributed by atoms with Gasteiger partial charge in [-0.3, -0.25) is 0 Å². The molecule has 0 N–H and O–H groups in total. The van der Waals surface area contributed by atoms with Crippen molar-refractivity contribution in [3.8, 4) is 22.3 Å². The van der Waals surface area contributed by atoms with E-state index in [0.717, 1.165) is 50.1 Å². The summed E-state index contributed by atoms with van der Waals surface area (Å²) in [6, 6.07) is 72.3. The third-order valence-corrected chi connectivity index (χ3v) is 11.0. The highest BCUT2D eigenvalue weighted by Crippen LogP contribution is 2.41. The van der Waals surface area contributed by atoms with E-state index < -0.39 is 0 Å². The van der Waals surface area contributed by atoms with E-state index in [1.807, 2.05) is 12.1 Å². The Hall–Kier alpha value is -7.16. The van der Waals surface area contributed by atoms with Gasteiger partial charge in [0.25, 0.3) is 0 Å². The van der Waals surface area contributed by atoms with E-state index in [0.29, 0.717) is 0 Å². The van der Waals surface area contributed by atoms with Crippen molar-refractivity contribution in [3.05, 3.63) is 200 Å². The van der Waals surface area contributed by atoms with Crippen molar-refractivity contribution < 1.29 is 4.42 Å².